The molecule has 0 aliphatic rings. The summed E-state index contributed by atoms with van der Waals surface area (Å²) in [6.45, 7) is 0. The van der Waals surface area contributed by atoms with Gasteiger partial charge in [0, 0.05) is 17.3 Å². The average molecular weight is 243 g/mol. The van der Waals surface area contributed by atoms with Crippen molar-refractivity contribution in [3.8, 4) is 17.6 Å². The van der Waals surface area contributed by atoms with Crippen molar-refractivity contribution in [2.45, 2.75) is 12.8 Å². The zero-order valence-electron chi connectivity index (χ0n) is 8.52. The number of methoxy groups -OCH3 is 1. The summed E-state index contributed by atoms with van der Waals surface area (Å²) in [6.07, 6.45) is 1.69. The number of benzene rings is 1. The maximum Gasteiger partial charge on any atom is 0.134 e. The van der Waals surface area contributed by atoms with Crippen LogP contribution in [0.4, 0.5) is 0 Å². The van der Waals surface area contributed by atoms with Gasteiger partial charge < -0.3 is 4.74 Å². The van der Waals surface area contributed by atoms with E-state index in [-0.39, 0.29) is 0 Å². The molecule has 0 aliphatic heterocycles. The van der Waals surface area contributed by atoms with Crippen LogP contribution in [-0.2, 0) is 0 Å². The molecule has 0 fully saturated rings. The molecule has 1 aromatic carbocycles. The molecular formula is C12H12Cl2O. The third-order valence-corrected chi connectivity index (χ3v) is 2.32. The van der Waals surface area contributed by atoms with Crippen LogP contribution in [0, 0.1) is 11.8 Å². The molecule has 15 heavy (non-hydrogen) atoms. The maximum atomic E-state index is 5.87. The van der Waals surface area contributed by atoms with Gasteiger partial charge in [-0.3, -0.25) is 0 Å². The van der Waals surface area contributed by atoms with Crippen LogP contribution in [0.2, 0.25) is 5.02 Å². The van der Waals surface area contributed by atoms with Crippen molar-refractivity contribution in [2.75, 3.05) is 13.0 Å². The predicted molar refractivity (Wildman–Crippen MR) is 64.8 cm³/mol. The van der Waals surface area contributed by atoms with Gasteiger partial charge in [-0.1, -0.05) is 23.4 Å². The summed E-state index contributed by atoms with van der Waals surface area (Å²) in [5.74, 6) is 7.44. The van der Waals surface area contributed by atoms with Gasteiger partial charge in [0.15, 0.2) is 0 Å². The molecule has 0 heterocycles. The lowest BCUT2D eigenvalue weighted by Gasteiger charge is -2.02. The molecule has 0 N–H and O–H groups in total. The standard InChI is InChI=1S/C12H12Cl2O/c1-15-12-7-6-11(14)9-10(12)5-3-2-4-8-13/h6-7,9H,2,4,8H2,1H3. The summed E-state index contributed by atoms with van der Waals surface area (Å²) in [5.41, 5.74) is 0.819. The second kappa shape index (κ2) is 6.61. The second-order valence-corrected chi connectivity index (χ2v) is 3.75. The van der Waals surface area contributed by atoms with Crippen molar-refractivity contribution >= 4 is 23.2 Å². The van der Waals surface area contributed by atoms with E-state index in [0.29, 0.717) is 10.9 Å². The maximum absolute atomic E-state index is 5.87. The van der Waals surface area contributed by atoms with Gasteiger partial charge in [0.25, 0.3) is 0 Å². The zero-order chi connectivity index (χ0) is 11.1. The molecule has 1 rings (SSSR count). The molecule has 0 amide bonds. The van der Waals surface area contributed by atoms with E-state index < -0.39 is 0 Å². The highest BCUT2D eigenvalue weighted by Crippen LogP contribution is 2.21. The van der Waals surface area contributed by atoms with Crippen molar-refractivity contribution in [2.24, 2.45) is 0 Å². The first-order valence-corrected chi connectivity index (χ1v) is 5.57. The Morgan fingerprint density at radius 2 is 2.20 bits per heavy atom. The number of alkyl halides is 1. The number of hydrogen-bond donors (Lipinski definition) is 0. The third kappa shape index (κ3) is 4.03. The highest BCUT2D eigenvalue weighted by Gasteiger charge is 1.99. The monoisotopic (exact) mass is 242 g/mol. The largest absolute Gasteiger partial charge is 0.495 e. The van der Waals surface area contributed by atoms with Crippen LogP contribution in [0.5, 0.6) is 5.75 Å². The number of ether oxygens (including phenoxy) is 1. The summed E-state index contributed by atoms with van der Waals surface area (Å²) < 4.78 is 5.17. The normalized spacial score (nSPS) is 9.27. The van der Waals surface area contributed by atoms with Gasteiger partial charge >= 0.3 is 0 Å². The van der Waals surface area contributed by atoms with Crippen LogP contribution in [0.1, 0.15) is 18.4 Å². The van der Waals surface area contributed by atoms with Crippen molar-refractivity contribution in [1.82, 2.24) is 0 Å². The van der Waals surface area contributed by atoms with Crippen LogP contribution < -0.4 is 4.74 Å². The van der Waals surface area contributed by atoms with Crippen molar-refractivity contribution in [3.05, 3.63) is 28.8 Å². The van der Waals surface area contributed by atoms with E-state index in [2.05, 4.69) is 11.8 Å². The van der Waals surface area contributed by atoms with Gasteiger partial charge in [-0.2, -0.15) is 0 Å². The number of unbranched alkanes of at least 4 members (excludes halogenated alkanes) is 1. The lowest BCUT2D eigenvalue weighted by Crippen LogP contribution is -1.87. The van der Waals surface area contributed by atoms with E-state index in [1.54, 1.807) is 19.2 Å². The first-order valence-electron chi connectivity index (χ1n) is 4.66. The summed E-state index contributed by atoms with van der Waals surface area (Å²) >= 11 is 11.4. The molecule has 0 atom stereocenters. The Morgan fingerprint density at radius 1 is 1.40 bits per heavy atom. The molecule has 0 aliphatic carbocycles. The molecule has 0 unspecified atom stereocenters. The highest BCUT2D eigenvalue weighted by atomic mass is 35.5. The van der Waals surface area contributed by atoms with Gasteiger partial charge in [-0.05, 0) is 24.6 Å². The zero-order valence-corrected chi connectivity index (χ0v) is 10.0. The molecule has 0 spiro atoms. The highest BCUT2D eigenvalue weighted by molar-refractivity contribution is 6.30. The molecule has 0 radical (unpaired) electrons. The average Bonchev–Trinajstić information content (AvgIpc) is 2.25. The molecule has 0 bridgehead atoms. The smallest absolute Gasteiger partial charge is 0.134 e. The molecule has 0 saturated heterocycles. The van der Waals surface area contributed by atoms with Crippen LogP contribution in [0.15, 0.2) is 18.2 Å². The molecule has 1 aromatic rings. The lowest BCUT2D eigenvalue weighted by atomic mass is 10.2. The number of hydrogen-bond acceptors (Lipinski definition) is 1. The van der Waals surface area contributed by atoms with E-state index in [9.17, 15) is 0 Å². The molecular weight excluding hydrogens is 231 g/mol. The SMILES string of the molecule is COc1ccc(Cl)cc1C#CCCCCl. The van der Waals surface area contributed by atoms with Gasteiger partial charge in [0.2, 0.25) is 0 Å². The Bertz CT molecular complexity index is 377. The summed E-state index contributed by atoms with van der Waals surface area (Å²) in [6, 6.07) is 5.40. The molecule has 0 aromatic heterocycles. The quantitative estimate of drug-likeness (QED) is 0.446. The first kappa shape index (κ1) is 12.2. The lowest BCUT2D eigenvalue weighted by molar-refractivity contribution is 0.413. The van der Waals surface area contributed by atoms with E-state index in [4.69, 9.17) is 27.9 Å². The Morgan fingerprint density at radius 3 is 2.87 bits per heavy atom. The Hall–Kier alpha value is -0.840. The fraction of sp³-hybridized carbons (Fsp3) is 0.333. The van der Waals surface area contributed by atoms with Crippen molar-refractivity contribution in [3.63, 3.8) is 0 Å². The minimum absolute atomic E-state index is 0.640. The van der Waals surface area contributed by atoms with Crippen LogP contribution in [0.3, 0.4) is 0 Å². The fourth-order valence-corrected chi connectivity index (χ4v) is 1.40. The Balaban J connectivity index is 2.80. The van der Waals surface area contributed by atoms with Gasteiger partial charge in [-0.15, -0.1) is 11.6 Å². The third-order valence-electron chi connectivity index (χ3n) is 1.82. The summed E-state index contributed by atoms with van der Waals surface area (Å²) in [4.78, 5) is 0. The topological polar surface area (TPSA) is 9.23 Å². The Kier molecular flexibility index (Phi) is 5.39. The van der Waals surface area contributed by atoms with Gasteiger partial charge in [-0.25, -0.2) is 0 Å². The molecule has 0 saturated carbocycles. The molecule has 80 valence electrons. The summed E-state index contributed by atoms with van der Waals surface area (Å²) in [7, 11) is 1.62. The van der Waals surface area contributed by atoms with Crippen LogP contribution in [0.25, 0.3) is 0 Å². The van der Waals surface area contributed by atoms with Crippen LogP contribution in [-0.4, -0.2) is 13.0 Å². The van der Waals surface area contributed by atoms with Crippen LogP contribution >= 0.6 is 23.2 Å². The Labute approximate surface area is 100 Å². The fourth-order valence-electron chi connectivity index (χ4n) is 1.09. The minimum Gasteiger partial charge on any atom is -0.495 e. The molecule has 3 heteroatoms. The van der Waals surface area contributed by atoms with Gasteiger partial charge in [0.1, 0.15) is 5.75 Å². The van der Waals surface area contributed by atoms with Crippen molar-refractivity contribution in [1.29, 1.82) is 0 Å². The molecule has 1 nitrogen and oxygen atoms in total. The van der Waals surface area contributed by atoms with E-state index in [0.717, 1.165) is 24.2 Å². The minimum atomic E-state index is 0.640. The first-order chi connectivity index (χ1) is 7.27. The van der Waals surface area contributed by atoms with E-state index in [1.165, 1.54) is 0 Å². The number of halogens is 2. The van der Waals surface area contributed by atoms with Gasteiger partial charge in [0.05, 0.1) is 12.7 Å². The van der Waals surface area contributed by atoms with Crippen molar-refractivity contribution < 1.29 is 4.74 Å². The summed E-state index contributed by atoms with van der Waals surface area (Å²) in [5, 5.41) is 0.664. The predicted octanol–water partition coefficient (Wildman–Crippen LogP) is 3.72. The van der Waals surface area contributed by atoms with E-state index in [1.807, 2.05) is 6.07 Å². The number of rotatable bonds is 3. The van der Waals surface area contributed by atoms with E-state index >= 15 is 0 Å². The second-order valence-electron chi connectivity index (χ2n) is 2.94.